The summed E-state index contributed by atoms with van der Waals surface area (Å²) in [6, 6.07) is 12.5. The van der Waals surface area contributed by atoms with Gasteiger partial charge in [-0.25, -0.2) is 4.39 Å². The molecule has 0 saturated carbocycles. The Morgan fingerprint density at radius 1 is 1.26 bits per heavy atom. The van der Waals surface area contributed by atoms with Crippen molar-refractivity contribution in [3.63, 3.8) is 0 Å². The molecule has 2 rings (SSSR count). The lowest BCUT2D eigenvalue weighted by atomic mass is 10.1. The molecule has 0 saturated heterocycles. The van der Waals surface area contributed by atoms with Crippen LogP contribution in [0.15, 0.2) is 46.9 Å². The van der Waals surface area contributed by atoms with Gasteiger partial charge < -0.3 is 11.1 Å². The summed E-state index contributed by atoms with van der Waals surface area (Å²) in [4.78, 5) is 0. The zero-order valence-electron chi connectivity index (χ0n) is 10.7. The minimum Gasteiger partial charge on any atom is -0.377 e. The second kappa shape index (κ2) is 6.17. The Hall–Kier alpha value is -1.39. The molecule has 2 nitrogen and oxygen atoms in total. The zero-order chi connectivity index (χ0) is 13.8. The first kappa shape index (κ1) is 14.0. The van der Waals surface area contributed by atoms with Crippen LogP contribution in [0.2, 0.25) is 0 Å². The maximum Gasteiger partial charge on any atom is 0.123 e. The largest absolute Gasteiger partial charge is 0.377 e. The predicted octanol–water partition coefficient (Wildman–Crippen LogP) is 4.01. The van der Waals surface area contributed by atoms with E-state index >= 15 is 0 Å². The van der Waals surface area contributed by atoms with E-state index in [4.69, 9.17) is 5.73 Å². The summed E-state index contributed by atoms with van der Waals surface area (Å²) >= 11 is 3.44. The topological polar surface area (TPSA) is 38.0 Å². The molecule has 0 aliphatic carbocycles. The smallest absolute Gasteiger partial charge is 0.123 e. The number of nitrogens with one attached hydrogen (secondary N) is 1. The van der Waals surface area contributed by atoms with Crippen molar-refractivity contribution in [2.24, 2.45) is 5.73 Å². The van der Waals surface area contributed by atoms with Gasteiger partial charge in [0, 0.05) is 16.7 Å². The summed E-state index contributed by atoms with van der Waals surface area (Å²) in [5, 5.41) is 3.36. The molecule has 0 fully saturated rings. The SMILES string of the molecule is Cc1ccccc1NC(CN)c1cc(F)ccc1Br. The van der Waals surface area contributed by atoms with Crippen LogP contribution in [0.3, 0.4) is 0 Å². The molecular weight excluding hydrogens is 307 g/mol. The van der Waals surface area contributed by atoms with E-state index < -0.39 is 0 Å². The van der Waals surface area contributed by atoms with E-state index in [0.717, 1.165) is 21.3 Å². The van der Waals surface area contributed by atoms with E-state index in [1.807, 2.05) is 31.2 Å². The van der Waals surface area contributed by atoms with Gasteiger partial charge in [-0.2, -0.15) is 0 Å². The van der Waals surface area contributed by atoms with Crippen molar-refractivity contribution < 1.29 is 4.39 Å². The van der Waals surface area contributed by atoms with Crippen molar-refractivity contribution in [2.75, 3.05) is 11.9 Å². The first-order chi connectivity index (χ1) is 9.11. The molecule has 19 heavy (non-hydrogen) atoms. The van der Waals surface area contributed by atoms with Crippen LogP contribution in [-0.2, 0) is 0 Å². The lowest BCUT2D eigenvalue weighted by Crippen LogP contribution is -2.21. The van der Waals surface area contributed by atoms with Crippen molar-refractivity contribution in [1.82, 2.24) is 0 Å². The molecule has 1 unspecified atom stereocenters. The Labute approximate surface area is 121 Å². The van der Waals surface area contributed by atoms with Crippen LogP contribution in [-0.4, -0.2) is 6.54 Å². The Bertz CT molecular complexity index is 572. The van der Waals surface area contributed by atoms with Crippen LogP contribution in [0.4, 0.5) is 10.1 Å². The van der Waals surface area contributed by atoms with Gasteiger partial charge in [0.05, 0.1) is 6.04 Å². The van der Waals surface area contributed by atoms with Crippen LogP contribution >= 0.6 is 15.9 Å². The maximum absolute atomic E-state index is 13.4. The van der Waals surface area contributed by atoms with Crippen molar-refractivity contribution in [2.45, 2.75) is 13.0 Å². The lowest BCUT2D eigenvalue weighted by Gasteiger charge is -2.21. The highest BCUT2D eigenvalue weighted by atomic mass is 79.9. The molecule has 4 heteroatoms. The van der Waals surface area contributed by atoms with Crippen molar-refractivity contribution in [3.8, 4) is 0 Å². The van der Waals surface area contributed by atoms with Gasteiger partial charge in [0.15, 0.2) is 0 Å². The Morgan fingerprint density at radius 3 is 2.68 bits per heavy atom. The normalized spacial score (nSPS) is 12.2. The standard InChI is InChI=1S/C15H16BrFN2/c1-10-4-2-3-5-14(10)19-15(9-18)12-8-11(17)6-7-13(12)16/h2-8,15,19H,9,18H2,1H3. The maximum atomic E-state index is 13.4. The molecule has 0 radical (unpaired) electrons. The molecule has 3 N–H and O–H groups in total. The predicted molar refractivity (Wildman–Crippen MR) is 80.7 cm³/mol. The van der Waals surface area contributed by atoms with Gasteiger partial charge in [-0.15, -0.1) is 0 Å². The molecule has 2 aromatic rings. The third-order valence-electron chi connectivity index (χ3n) is 3.04. The molecule has 0 bridgehead atoms. The van der Waals surface area contributed by atoms with Gasteiger partial charge in [-0.3, -0.25) is 0 Å². The molecule has 2 aromatic carbocycles. The van der Waals surface area contributed by atoms with Crippen LogP contribution in [0.25, 0.3) is 0 Å². The lowest BCUT2D eigenvalue weighted by molar-refractivity contribution is 0.621. The van der Waals surface area contributed by atoms with Crippen LogP contribution in [0.5, 0.6) is 0 Å². The molecule has 100 valence electrons. The Morgan fingerprint density at radius 2 is 2.00 bits per heavy atom. The molecule has 1 atom stereocenters. The van der Waals surface area contributed by atoms with Crippen LogP contribution in [0.1, 0.15) is 17.2 Å². The van der Waals surface area contributed by atoms with E-state index in [0.29, 0.717) is 6.54 Å². The molecule has 0 aliphatic heterocycles. The molecule has 0 amide bonds. The second-order valence-electron chi connectivity index (χ2n) is 4.41. The van der Waals surface area contributed by atoms with E-state index in [2.05, 4.69) is 21.2 Å². The van der Waals surface area contributed by atoms with E-state index in [9.17, 15) is 4.39 Å². The minimum absolute atomic E-state index is 0.133. The first-order valence-electron chi connectivity index (χ1n) is 6.09. The fraction of sp³-hybridized carbons (Fsp3) is 0.200. The number of aryl methyl sites for hydroxylation is 1. The van der Waals surface area contributed by atoms with Gasteiger partial charge in [0.25, 0.3) is 0 Å². The number of para-hydroxylation sites is 1. The Balaban J connectivity index is 2.30. The number of nitrogens with two attached hydrogens (primary N) is 1. The molecule has 0 spiro atoms. The van der Waals surface area contributed by atoms with Gasteiger partial charge in [-0.05, 0) is 42.3 Å². The summed E-state index contributed by atoms with van der Waals surface area (Å²) in [5.41, 5.74) is 8.78. The van der Waals surface area contributed by atoms with Crippen LogP contribution in [0, 0.1) is 12.7 Å². The van der Waals surface area contributed by atoms with Crippen LogP contribution < -0.4 is 11.1 Å². The monoisotopic (exact) mass is 322 g/mol. The highest BCUT2D eigenvalue weighted by Gasteiger charge is 2.14. The van der Waals surface area contributed by atoms with Gasteiger partial charge >= 0.3 is 0 Å². The molecule has 0 aliphatic rings. The molecular formula is C15H16BrFN2. The third kappa shape index (κ3) is 3.33. The fourth-order valence-corrected chi connectivity index (χ4v) is 2.49. The highest BCUT2D eigenvalue weighted by Crippen LogP contribution is 2.27. The summed E-state index contributed by atoms with van der Waals surface area (Å²) in [6.45, 7) is 2.41. The van der Waals surface area contributed by atoms with Gasteiger partial charge in [0.1, 0.15) is 5.82 Å². The Kier molecular flexibility index (Phi) is 4.56. The van der Waals surface area contributed by atoms with E-state index in [-0.39, 0.29) is 11.9 Å². The second-order valence-corrected chi connectivity index (χ2v) is 5.27. The van der Waals surface area contributed by atoms with Crippen molar-refractivity contribution >= 4 is 21.6 Å². The summed E-state index contributed by atoms with van der Waals surface area (Å²) < 4.78 is 14.2. The quantitative estimate of drug-likeness (QED) is 0.892. The fourth-order valence-electron chi connectivity index (χ4n) is 1.97. The minimum atomic E-state index is -0.261. The van der Waals surface area contributed by atoms with Gasteiger partial charge in [-0.1, -0.05) is 34.1 Å². The number of hydrogen-bond acceptors (Lipinski definition) is 2. The number of rotatable bonds is 4. The number of halogens is 2. The number of hydrogen-bond donors (Lipinski definition) is 2. The van der Waals surface area contributed by atoms with Gasteiger partial charge in [0.2, 0.25) is 0 Å². The average molecular weight is 323 g/mol. The van der Waals surface area contributed by atoms with E-state index in [1.165, 1.54) is 12.1 Å². The summed E-state index contributed by atoms with van der Waals surface area (Å²) in [5.74, 6) is -0.261. The average Bonchev–Trinajstić information content (AvgIpc) is 2.41. The van der Waals surface area contributed by atoms with E-state index in [1.54, 1.807) is 6.07 Å². The highest BCUT2D eigenvalue weighted by molar-refractivity contribution is 9.10. The zero-order valence-corrected chi connectivity index (χ0v) is 12.2. The third-order valence-corrected chi connectivity index (χ3v) is 3.77. The first-order valence-corrected chi connectivity index (χ1v) is 6.88. The molecule has 0 aromatic heterocycles. The summed E-state index contributed by atoms with van der Waals surface area (Å²) in [6.07, 6.45) is 0. The molecule has 0 heterocycles. The summed E-state index contributed by atoms with van der Waals surface area (Å²) in [7, 11) is 0. The van der Waals surface area contributed by atoms with Crippen molar-refractivity contribution in [3.05, 3.63) is 63.9 Å². The number of anilines is 1. The number of benzene rings is 2. The van der Waals surface area contributed by atoms with Crippen molar-refractivity contribution in [1.29, 1.82) is 0 Å².